The lowest BCUT2D eigenvalue weighted by atomic mass is 9.99. The summed E-state index contributed by atoms with van der Waals surface area (Å²) >= 11 is 0.768. The van der Waals surface area contributed by atoms with Gasteiger partial charge in [0.05, 0.1) is 11.6 Å². The normalized spacial score (nSPS) is 20.2. The van der Waals surface area contributed by atoms with Gasteiger partial charge in [-0.2, -0.15) is 0 Å². The summed E-state index contributed by atoms with van der Waals surface area (Å²) in [4.78, 5) is 55.3. The Labute approximate surface area is 205 Å². The smallest absolute Gasteiger partial charge is 0.280 e. The molecule has 0 saturated carbocycles. The molecule has 3 N–H and O–H groups in total. The molecule has 1 saturated heterocycles. The van der Waals surface area contributed by atoms with Gasteiger partial charge in [-0.05, 0) is 24.5 Å². The Bertz CT molecular complexity index is 1230. The topological polar surface area (TPSA) is 124 Å². The van der Waals surface area contributed by atoms with Gasteiger partial charge in [-0.25, -0.2) is 9.99 Å². The third kappa shape index (κ3) is 4.66. The Hall–Kier alpha value is -3.31. The zero-order chi connectivity index (χ0) is 26.9. The molecule has 0 bridgehead atoms. The highest BCUT2D eigenvalue weighted by molar-refractivity contribution is 7.15. The van der Waals surface area contributed by atoms with E-state index in [4.69, 9.17) is 4.11 Å². The first kappa shape index (κ1) is 20.1. The van der Waals surface area contributed by atoms with Crippen molar-refractivity contribution in [3.05, 3.63) is 51.0 Å². The van der Waals surface area contributed by atoms with Crippen LogP contribution in [-0.2, 0) is 16.1 Å². The zero-order valence-corrected chi connectivity index (χ0v) is 19.7. The minimum absolute atomic E-state index is 0.0167. The predicted molar refractivity (Wildman–Crippen MR) is 126 cm³/mol. The van der Waals surface area contributed by atoms with Crippen LogP contribution in [0.5, 0.6) is 0 Å². The van der Waals surface area contributed by atoms with Crippen molar-refractivity contribution in [1.29, 1.82) is 0 Å². The Morgan fingerprint density at radius 1 is 1.26 bits per heavy atom. The lowest BCUT2D eigenvalue weighted by Gasteiger charge is -2.28. The molecule has 11 heteroatoms. The molecule has 4 amide bonds. The highest BCUT2D eigenvalue weighted by atomic mass is 32.1. The van der Waals surface area contributed by atoms with Crippen LogP contribution in [0.3, 0.4) is 0 Å². The maximum Gasteiger partial charge on any atom is 0.280 e. The molecule has 0 aliphatic carbocycles. The van der Waals surface area contributed by atoms with Crippen LogP contribution >= 0.6 is 11.3 Å². The monoisotopic (exact) mass is 487 g/mol. The van der Waals surface area contributed by atoms with Crippen LogP contribution in [0, 0.1) is 12.8 Å². The molecule has 2 atom stereocenters. The number of nitrogens with one attached hydrogen (secondary N) is 3. The number of rotatable bonds is 6. The van der Waals surface area contributed by atoms with E-state index in [1.807, 2.05) is 34.6 Å². The Balaban J connectivity index is 1.40. The fourth-order valence-electron chi connectivity index (χ4n) is 4.12. The largest absolute Gasteiger partial charge is 0.353 e. The van der Waals surface area contributed by atoms with Crippen LogP contribution in [0.15, 0.2) is 24.3 Å². The van der Waals surface area contributed by atoms with Crippen LogP contribution in [0.2, 0.25) is 0 Å². The summed E-state index contributed by atoms with van der Waals surface area (Å²) in [6, 6.07) is 6.72. The Kier molecular flexibility index (Phi) is 5.85. The minimum atomic E-state index is -2.67. The number of carbonyl (C=O) groups excluding carboxylic acids is 4. The first-order valence-corrected chi connectivity index (χ1v) is 11.8. The van der Waals surface area contributed by atoms with Gasteiger partial charge in [-0.3, -0.25) is 24.2 Å². The van der Waals surface area contributed by atoms with Crippen molar-refractivity contribution in [3.63, 3.8) is 0 Å². The van der Waals surface area contributed by atoms with E-state index in [-0.39, 0.29) is 33.9 Å². The summed E-state index contributed by atoms with van der Waals surface area (Å²) in [6.07, 6.45) is 0.869. The highest BCUT2D eigenvalue weighted by Gasteiger charge is 2.38. The molecule has 180 valence electrons. The number of aromatic nitrogens is 1. The van der Waals surface area contributed by atoms with Gasteiger partial charge >= 0.3 is 0 Å². The van der Waals surface area contributed by atoms with Crippen molar-refractivity contribution in [2.24, 2.45) is 5.92 Å². The van der Waals surface area contributed by atoms with Crippen LogP contribution < -0.4 is 16.0 Å². The Morgan fingerprint density at radius 2 is 2.06 bits per heavy atom. The van der Waals surface area contributed by atoms with E-state index >= 15 is 0 Å². The molecular formula is C23H28N6O4S. The van der Waals surface area contributed by atoms with E-state index in [0.717, 1.165) is 35.4 Å². The number of nitrogens with zero attached hydrogens (tertiary/aromatic N) is 3. The summed E-state index contributed by atoms with van der Waals surface area (Å²) in [5.41, 5.74) is 2.01. The van der Waals surface area contributed by atoms with Crippen molar-refractivity contribution in [1.82, 2.24) is 31.0 Å². The van der Waals surface area contributed by atoms with E-state index in [1.54, 1.807) is 11.9 Å². The van der Waals surface area contributed by atoms with Gasteiger partial charge in [0.25, 0.3) is 17.7 Å². The van der Waals surface area contributed by atoms with E-state index in [2.05, 4.69) is 15.6 Å². The molecule has 0 radical (unpaired) electrons. The predicted octanol–water partition coefficient (Wildman–Crippen LogP) is 0.997. The first-order valence-electron chi connectivity index (χ1n) is 12.5. The molecule has 3 heterocycles. The summed E-state index contributed by atoms with van der Waals surface area (Å²) < 4.78 is 21.4. The van der Waals surface area contributed by atoms with Crippen molar-refractivity contribution in [2.75, 3.05) is 26.6 Å². The summed E-state index contributed by atoms with van der Waals surface area (Å²) in [5.74, 6) is -2.67. The minimum Gasteiger partial charge on any atom is -0.353 e. The van der Waals surface area contributed by atoms with E-state index in [0.29, 0.717) is 13.1 Å². The van der Waals surface area contributed by atoms with E-state index in [1.165, 1.54) is 6.92 Å². The molecule has 4 rings (SSSR count). The first-order chi connectivity index (χ1) is 17.4. The molecule has 10 nitrogen and oxygen atoms in total. The van der Waals surface area contributed by atoms with Crippen molar-refractivity contribution in [3.8, 4) is 0 Å². The number of hydrazine groups is 1. The number of benzene rings is 1. The van der Waals surface area contributed by atoms with Crippen LogP contribution in [0.4, 0.5) is 0 Å². The molecule has 2 aromatic rings. The maximum absolute atomic E-state index is 13.3. The average Bonchev–Trinajstić information content (AvgIpc) is 3.44. The lowest BCUT2D eigenvalue weighted by Crippen LogP contribution is -2.47. The summed E-state index contributed by atoms with van der Waals surface area (Å²) in [6.45, 7) is 2.46. The maximum atomic E-state index is 13.3. The standard InChI is InChI=1S/C23H28N6O4S/c1-13(11-25-20(31)18-14(2)26-22(34-18)21(32)24-3)19(30)27-17-16-8-5-4-7-15(16)12-28-9-6-10-29(28)23(17)33/h4-5,7-8,13,17H,6,9-12H2,1-3H3,(H,24,32)(H,25,31)(H,27,30)/t13-,17+/m1/s1/i3D3. The quantitative estimate of drug-likeness (QED) is 0.559. The number of carbonyl (C=O) groups is 4. The number of aryl methyl sites for hydroxylation is 1. The van der Waals surface area contributed by atoms with Gasteiger partial charge in [0, 0.05) is 37.3 Å². The number of amides is 4. The second kappa shape index (κ2) is 9.90. The molecular weight excluding hydrogens is 456 g/mol. The second-order valence-electron chi connectivity index (χ2n) is 8.34. The SMILES string of the molecule is [2H]C([2H])([2H])NC(=O)c1nc(C)c(C(=O)NC[C@@H](C)C(=O)N[C@@H]2C(=O)N3CCCN3Cc3ccccc32)s1. The fourth-order valence-corrected chi connectivity index (χ4v) is 5.00. The molecule has 34 heavy (non-hydrogen) atoms. The van der Waals surface area contributed by atoms with Crippen molar-refractivity contribution >= 4 is 35.0 Å². The molecule has 0 unspecified atom stereocenters. The molecule has 0 spiro atoms. The summed E-state index contributed by atoms with van der Waals surface area (Å²) in [7, 11) is 0. The van der Waals surface area contributed by atoms with Crippen LogP contribution in [-0.4, -0.2) is 65.2 Å². The zero-order valence-electron chi connectivity index (χ0n) is 21.9. The van der Waals surface area contributed by atoms with Crippen molar-refractivity contribution < 1.29 is 23.3 Å². The van der Waals surface area contributed by atoms with Crippen LogP contribution in [0.1, 0.15) is 59.8 Å². The molecule has 1 aromatic heterocycles. The van der Waals surface area contributed by atoms with Gasteiger partial charge < -0.3 is 16.0 Å². The number of thiazole rings is 1. The van der Waals surface area contributed by atoms with Gasteiger partial charge in [-0.15, -0.1) is 11.3 Å². The highest BCUT2D eigenvalue weighted by Crippen LogP contribution is 2.29. The number of fused-ring (bicyclic) bond motifs is 2. The van der Waals surface area contributed by atoms with Gasteiger partial charge in [0.15, 0.2) is 5.01 Å². The fraction of sp³-hybridized carbons (Fsp3) is 0.435. The number of hydrogen-bond acceptors (Lipinski definition) is 7. The molecule has 1 aromatic carbocycles. The van der Waals surface area contributed by atoms with Crippen LogP contribution in [0.25, 0.3) is 0 Å². The van der Waals surface area contributed by atoms with Crippen molar-refractivity contribution in [2.45, 2.75) is 32.9 Å². The third-order valence-electron chi connectivity index (χ3n) is 5.96. The second-order valence-corrected chi connectivity index (χ2v) is 9.34. The van der Waals surface area contributed by atoms with E-state index in [9.17, 15) is 19.2 Å². The van der Waals surface area contributed by atoms with Gasteiger partial charge in [0.2, 0.25) is 5.91 Å². The van der Waals surface area contributed by atoms with E-state index < -0.39 is 30.7 Å². The molecule has 2 aliphatic rings. The van der Waals surface area contributed by atoms with Gasteiger partial charge in [-0.1, -0.05) is 31.2 Å². The third-order valence-corrected chi connectivity index (χ3v) is 7.12. The molecule has 2 aliphatic heterocycles. The lowest BCUT2D eigenvalue weighted by molar-refractivity contribution is -0.148. The van der Waals surface area contributed by atoms with Gasteiger partial charge in [0.1, 0.15) is 10.9 Å². The average molecular weight is 488 g/mol. The number of hydrogen-bond donors (Lipinski definition) is 3. The molecule has 1 fully saturated rings. The summed E-state index contributed by atoms with van der Waals surface area (Å²) in [5, 5.41) is 10.9. The Morgan fingerprint density at radius 3 is 2.85 bits per heavy atom.